The van der Waals surface area contributed by atoms with E-state index in [4.69, 9.17) is 14.3 Å². The normalized spacial score (nSPS) is 11.5. The smallest absolute Gasteiger partial charge is 0.477 e. The van der Waals surface area contributed by atoms with E-state index in [1.165, 1.54) is 48.7 Å². The van der Waals surface area contributed by atoms with Gasteiger partial charge >= 0.3 is 18.3 Å². The fourth-order valence-corrected chi connectivity index (χ4v) is 3.19. The van der Waals surface area contributed by atoms with E-state index in [1.54, 1.807) is 12.1 Å². The largest absolute Gasteiger partial charge is 0.492 e. The van der Waals surface area contributed by atoms with Crippen molar-refractivity contribution in [2.45, 2.75) is 6.30 Å². The monoisotopic (exact) mass is 493 g/mol. The number of fused-ring (bicyclic) bond motifs is 1. The second-order valence-electron chi connectivity index (χ2n) is 6.16. The minimum absolute atomic E-state index is 0.0121. The average molecular weight is 494 g/mol. The van der Waals surface area contributed by atoms with Gasteiger partial charge in [0.25, 0.3) is 0 Å². The molecule has 0 fully saturated rings. The van der Waals surface area contributed by atoms with Gasteiger partial charge in [-0.25, -0.2) is 14.7 Å². The fourth-order valence-electron chi connectivity index (χ4n) is 2.76. The Morgan fingerprint density at radius 3 is 2.48 bits per heavy atom. The number of aromatic carboxylic acids is 1. The molecule has 0 bridgehead atoms. The molecule has 2 aromatic carbocycles. The zero-order chi connectivity index (χ0) is 22.2. The Bertz CT molecular complexity index is 1260. The molecule has 2 heterocycles. The zero-order valence-corrected chi connectivity index (χ0v) is 16.9. The number of carboxylic acids is 1. The molecule has 0 aliphatic carbocycles. The first-order valence-corrected chi connectivity index (χ1v) is 9.41. The highest BCUT2D eigenvalue weighted by atomic mass is 79.9. The molecule has 0 radical (unpaired) electrons. The number of para-hydroxylation sites is 1. The number of carbonyl (C=O) groups is 1. The van der Waals surface area contributed by atoms with Gasteiger partial charge in [-0.05, 0) is 58.4 Å². The lowest BCUT2D eigenvalue weighted by atomic mass is 10.3. The van der Waals surface area contributed by atoms with Gasteiger partial charge in [-0.15, -0.1) is 13.2 Å². The number of pyridine rings is 1. The van der Waals surface area contributed by atoms with Crippen molar-refractivity contribution in [3.63, 3.8) is 0 Å². The molecular weight excluding hydrogens is 483 g/mol. The molecule has 0 aliphatic heterocycles. The number of aromatic nitrogens is 2. The molecule has 4 aromatic rings. The fraction of sp³-hybridized carbons (Fsp3) is 0.0500. The summed E-state index contributed by atoms with van der Waals surface area (Å²) in [4.78, 5) is 18.6. The van der Waals surface area contributed by atoms with Crippen LogP contribution in [0.5, 0.6) is 11.5 Å². The van der Waals surface area contributed by atoms with Gasteiger partial charge in [-0.3, -0.25) is 0 Å². The van der Waals surface area contributed by atoms with Crippen LogP contribution in [0.3, 0.4) is 0 Å². The molecule has 0 saturated heterocycles. The number of oxazole rings is 1. The number of hydrogen-bond donors (Lipinski definition) is 1. The molecule has 0 amide bonds. The van der Waals surface area contributed by atoms with Crippen LogP contribution in [0.25, 0.3) is 11.1 Å². The number of halogens is 4. The lowest BCUT2D eigenvalue weighted by molar-refractivity contribution is -0.123. The number of anilines is 2. The highest BCUT2D eigenvalue weighted by Crippen LogP contribution is 2.39. The van der Waals surface area contributed by atoms with Gasteiger partial charge in [0.2, 0.25) is 0 Å². The second-order valence-corrected chi connectivity index (χ2v) is 7.02. The Morgan fingerprint density at radius 1 is 1.10 bits per heavy atom. The third-order valence-electron chi connectivity index (χ3n) is 4.08. The average Bonchev–Trinajstić information content (AvgIpc) is 3.13. The van der Waals surface area contributed by atoms with Gasteiger partial charge in [0.05, 0.1) is 5.69 Å². The summed E-state index contributed by atoms with van der Waals surface area (Å²) in [6, 6.07) is 11.8. The lowest BCUT2D eigenvalue weighted by Gasteiger charge is -2.23. The zero-order valence-electron chi connectivity index (χ0n) is 15.3. The predicted octanol–water partition coefficient (Wildman–Crippen LogP) is 6.13. The van der Waals surface area contributed by atoms with Crippen LogP contribution in [0.2, 0.25) is 0 Å². The van der Waals surface area contributed by atoms with Crippen LogP contribution in [-0.2, 0) is 0 Å². The van der Waals surface area contributed by atoms with Crippen molar-refractivity contribution in [1.82, 2.24) is 9.97 Å². The van der Waals surface area contributed by atoms with E-state index in [0.29, 0.717) is 4.47 Å². The summed E-state index contributed by atoms with van der Waals surface area (Å²) < 4.78 is 52.8. The SMILES string of the molecule is O=C(O)c1cc(Oc2ccc(N(c3nc4c(Br)cccc4o3)C(F)(F)F)cc2)ccn1. The number of nitrogens with zero attached hydrogens (tertiary/aromatic N) is 3. The highest BCUT2D eigenvalue weighted by Gasteiger charge is 2.42. The van der Waals surface area contributed by atoms with Crippen molar-refractivity contribution in [2.24, 2.45) is 0 Å². The molecule has 0 aliphatic rings. The summed E-state index contributed by atoms with van der Waals surface area (Å²) in [6.07, 6.45) is -3.55. The molecule has 158 valence electrons. The topological polar surface area (TPSA) is 88.7 Å². The number of carboxylic acid groups (broad SMARTS) is 1. The number of ether oxygens (including phenoxy) is 1. The van der Waals surface area contributed by atoms with Crippen molar-refractivity contribution >= 4 is 44.7 Å². The molecular formula is C20H11BrF3N3O4. The van der Waals surface area contributed by atoms with E-state index >= 15 is 0 Å². The maximum absolute atomic E-state index is 13.8. The number of benzene rings is 2. The van der Waals surface area contributed by atoms with E-state index < -0.39 is 18.3 Å². The first kappa shape index (κ1) is 20.7. The number of hydrogen-bond acceptors (Lipinski definition) is 6. The quantitative estimate of drug-likeness (QED) is 0.334. The molecule has 0 spiro atoms. The molecule has 0 atom stereocenters. The Morgan fingerprint density at radius 2 is 1.84 bits per heavy atom. The summed E-state index contributed by atoms with van der Waals surface area (Å²) in [5, 5.41) is 8.98. The summed E-state index contributed by atoms with van der Waals surface area (Å²) in [5.74, 6) is -0.850. The Labute approximate surface area is 180 Å². The number of rotatable bonds is 5. The van der Waals surface area contributed by atoms with Gasteiger partial charge in [0.15, 0.2) is 11.3 Å². The van der Waals surface area contributed by atoms with Crippen molar-refractivity contribution in [3.05, 3.63) is 71.0 Å². The van der Waals surface area contributed by atoms with Crippen molar-refractivity contribution in [3.8, 4) is 11.5 Å². The Kier molecular flexibility index (Phi) is 5.27. The van der Waals surface area contributed by atoms with Crippen LogP contribution in [0.4, 0.5) is 24.9 Å². The van der Waals surface area contributed by atoms with Crippen LogP contribution in [-0.4, -0.2) is 27.3 Å². The minimum Gasteiger partial charge on any atom is -0.477 e. The van der Waals surface area contributed by atoms with E-state index in [9.17, 15) is 18.0 Å². The van der Waals surface area contributed by atoms with Gasteiger partial charge in [-0.2, -0.15) is 4.98 Å². The predicted molar refractivity (Wildman–Crippen MR) is 108 cm³/mol. The van der Waals surface area contributed by atoms with Gasteiger partial charge in [0, 0.05) is 16.7 Å². The molecule has 11 heteroatoms. The van der Waals surface area contributed by atoms with Gasteiger partial charge in [0.1, 0.15) is 17.0 Å². The summed E-state index contributed by atoms with van der Waals surface area (Å²) in [5.41, 5.74) is -0.00732. The van der Waals surface area contributed by atoms with Crippen LogP contribution in [0.15, 0.2) is 69.7 Å². The molecule has 0 unspecified atom stereocenters. The van der Waals surface area contributed by atoms with E-state index in [1.807, 2.05) is 0 Å². The first-order chi connectivity index (χ1) is 14.7. The van der Waals surface area contributed by atoms with Crippen LogP contribution >= 0.6 is 15.9 Å². The van der Waals surface area contributed by atoms with Gasteiger partial charge < -0.3 is 14.3 Å². The van der Waals surface area contributed by atoms with E-state index in [0.717, 1.165) is 0 Å². The molecule has 31 heavy (non-hydrogen) atoms. The summed E-state index contributed by atoms with van der Waals surface area (Å²) in [7, 11) is 0. The molecule has 7 nitrogen and oxygen atoms in total. The van der Waals surface area contributed by atoms with Crippen molar-refractivity contribution < 1.29 is 32.2 Å². The van der Waals surface area contributed by atoms with Crippen LogP contribution in [0, 0.1) is 0 Å². The third-order valence-corrected chi connectivity index (χ3v) is 4.72. The third kappa shape index (κ3) is 4.31. The van der Waals surface area contributed by atoms with Gasteiger partial charge in [-0.1, -0.05) is 6.07 Å². The maximum Gasteiger partial charge on any atom is 0.492 e. The molecule has 2 aromatic heterocycles. The van der Waals surface area contributed by atoms with Crippen LogP contribution in [0.1, 0.15) is 10.5 Å². The highest BCUT2D eigenvalue weighted by molar-refractivity contribution is 9.10. The standard InChI is InChI=1S/C20H11BrF3N3O4/c21-14-2-1-3-16-17(14)26-19(31-16)27(20(22,23)24)11-4-6-12(7-5-11)30-13-8-9-25-15(10-13)18(28)29/h1-10H,(H,28,29). The van der Waals surface area contributed by atoms with Crippen molar-refractivity contribution in [1.29, 1.82) is 0 Å². The molecule has 0 saturated carbocycles. The van der Waals surface area contributed by atoms with Crippen LogP contribution < -0.4 is 9.64 Å². The second kappa shape index (κ2) is 7.91. The molecule has 4 rings (SSSR count). The van der Waals surface area contributed by atoms with E-state index in [2.05, 4.69) is 25.9 Å². The van der Waals surface area contributed by atoms with Crippen molar-refractivity contribution in [2.75, 3.05) is 4.90 Å². The maximum atomic E-state index is 13.8. The summed E-state index contributed by atoms with van der Waals surface area (Å²) >= 11 is 3.24. The lowest BCUT2D eigenvalue weighted by Crippen LogP contribution is -2.33. The molecule has 1 N–H and O–H groups in total. The Balaban J connectivity index is 1.65. The number of alkyl halides is 3. The minimum atomic E-state index is -4.81. The first-order valence-electron chi connectivity index (χ1n) is 8.61. The Hall–Kier alpha value is -3.60. The van der Waals surface area contributed by atoms with E-state index in [-0.39, 0.29) is 38.9 Å². The summed E-state index contributed by atoms with van der Waals surface area (Å²) in [6.45, 7) is 0.